The lowest BCUT2D eigenvalue weighted by atomic mass is 9.73. The van der Waals surface area contributed by atoms with Gasteiger partial charge in [-0.3, -0.25) is 9.59 Å². The molecule has 2 N–H and O–H groups in total. The number of rotatable bonds is 7. The van der Waals surface area contributed by atoms with Crippen LogP contribution in [0, 0.1) is 0 Å². The van der Waals surface area contributed by atoms with E-state index >= 15 is 0 Å². The average Bonchev–Trinajstić information content (AvgIpc) is 2.68. The average molecular weight is 414 g/mol. The second-order valence-electron chi connectivity index (χ2n) is 9.71. The zero-order valence-electron chi connectivity index (χ0n) is 19.6. The molecule has 1 aliphatic carbocycles. The van der Waals surface area contributed by atoms with Crippen molar-refractivity contribution in [3.8, 4) is 0 Å². The van der Waals surface area contributed by atoms with Crippen LogP contribution in [0.15, 0.2) is 35.9 Å². The van der Waals surface area contributed by atoms with E-state index in [0.29, 0.717) is 6.54 Å². The Kier molecular flexibility index (Phi) is 8.25. The van der Waals surface area contributed by atoms with Gasteiger partial charge >= 0.3 is 0 Å². The first-order chi connectivity index (χ1) is 14.0. The molecular weight excluding hydrogens is 374 g/mol. The van der Waals surface area contributed by atoms with Crippen molar-refractivity contribution in [1.29, 1.82) is 0 Å². The van der Waals surface area contributed by atoms with E-state index in [1.54, 1.807) is 25.9 Å². The minimum absolute atomic E-state index is 0.0144. The van der Waals surface area contributed by atoms with E-state index in [9.17, 15) is 9.59 Å². The zero-order valence-corrected chi connectivity index (χ0v) is 19.6. The fraction of sp³-hybridized carbons (Fsp3) is 0.600. The van der Waals surface area contributed by atoms with Crippen LogP contribution in [0.5, 0.6) is 0 Å². The van der Waals surface area contributed by atoms with Gasteiger partial charge in [0, 0.05) is 39.2 Å². The van der Waals surface area contributed by atoms with Gasteiger partial charge in [0.05, 0.1) is 0 Å². The monoisotopic (exact) mass is 413 g/mol. The fourth-order valence-corrected chi connectivity index (χ4v) is 3.98. The Balaban J connectivity index is 2.20. The van der Waals surface area contributed by atoms with Crippen LogP contribution >= 0.6 is 0 Å². The van der Waals surface area contributed by atoms with Crippen molar-refractivity contribution < 1.29 is 9.59 Å². The minimum Gasteiger partial charge on any atom is -0.356 e. The molecule has 0 spiro atoms. The number of allylic oxidation sites excluding steroid dienone is 1. The molecule has 1 aromatic carbocycles. The molecule has 2 amide bonds. The predicted octanol–water partition coefficient (Wildman–Crippen LogP) is 3.88. The molecule has 2 rings (SSSR count). The molecule has 5 heteroatoms. The Labute approximate surface area is 182 Å². The second kappa shape index (κ2) is 10.3. The van der Waals surface area contributed by atoms with Crippen LogP contribution in [0.25, 0.3) is 0 Å². The Hall–Kier alpha value is -2.14. The SMILES string of the molecule is CC(=O)NCCCNC1(c2cccc(C(C)(C)C)c2)CCC(=CC(=O)N(C)C)CC1. The summed E-state index contributed by atoms with van der Waals surface area (Å²) in [5.41, 5.74) is 3.89. The van der Waals surface area contributed by atoms with E-state index < -0.39 is 0 Å². The smallest absolute Gasteiger partial charge is 0.245 e. The maximum Gasteiger partial charge on any atom is 0.245 e. The van der Waals surface area contributed by atoms with Crippen molar-refractivity contribution in [2.75, 3.05) is 27.2 Å². The number of nitrogens with zero attached hydrogens (tertiary/aromatic N) is 1. The molecule has 0 radical (unpaired) electrons. The third kappa shape index (κ3) is 6.69. The van der Waals surface area contributed by atoms with Crippen molar-refractivity contribution >= 4 is 11.8 Å². The lowest BCUT2D eigenvalue weighted by Gasteiger charge is -2.40. The summed E-state index contributed by atoms with van der Waals surface area (Å²) in [7, 11) is 3.59. The summed E-state index contributed by atoms with van der Waals surface area (Å²) >= 11 is 0. The van der Waals surface area contributed by atoms with Crippen molar-refractivity contribution in [3.05, 3.63) is 47.0 Å². The molecule has 5 nitrogen and oxygen atoms in total. The van der Waals surface area contributed by atoms with Gasteiger partial charge in [0.1, 0.15) is 0 Å². The number of amides is 2. The number of carbonyl (C=O) groups is 2. The predicted molar refractivity (Wildman–Crippen MR) is 123 cm³/mol. The molecule has 0 aromatic heterocycles. The van der Waals surface area contributed by atoms with Crippen LogP contribution in [0.1, 0.15) is 70.9 Å². The molecule has 0 bridgehead atoms. The van der Waals surface area contributed by atoms with Gasteiger partial charge in [-0.25, -0.2) is 0 Å². The van der Waals surface area contributed by atoms with Gasteiger partial charge in [0.2, 0.25) is 11.8 Å². The molecule has 0 unspecified atom stereocenters. The van der Waals surface area contributed by atoms with Crippen molar-refractivity contribution in [3.63, 3.8) is 0 Å². The normalized spacial score (nSPS) is 19.3. The lowest BCUT2D eigenvalue weighted by molar-refractivity contribution is -0.123. The summed E-state index contributed by atoms with van der Waals surface area (Å²) in [6.45, 7) is 9.81. The Morgan fingerprint density at radius 2 is 1.80 bits per heavy atom. The van der Waals surface area contributed by atoms with E-state index in [-0.39, 0.29) is 22.8 Å². The highest BCUT2D eigenvalue weighted by Gasteiger charge is 2.35. The van der Waals surface area contributed by atoms with Crippen LogP contribution in [0.2, 0.25) is 0 Å². The van der Waals surface area contributed by atoms with Gasteiger partial charge < -0.3 is 15.5 Å². The standard InChI is InChI=1S/C25H39N3O2/c1-19(29)26-15-8-16-27-25(22-10-7-9-21(18-22)24(2,3)4)13-11-20(12-14-25)17-23(30)28(5)6/h7,9-10,17-18,27H,8,11-16H2,1-6H3,(H,26,29). The van der Waals surface area contributed by atoms with Crippen LogP contribution < -0.4 is 10.6 Å². The molecule has 1 fully saturated rings. The number of likely N-dealkylation sites (N-methyl/N-ethyl adjacent to an activating group) is 1. The molecular formula is C25H39N3O2. The van der Waals surface area contributed by atoms with Crippen molar-refractivity contribution in [1.82, 2.24) is 15.5 Å². The maximum absolute atomic E-state index is 12.1. The maximum atomic E-state index is 12.1. The van der Waals surface area contributed by atoms with Gasteiger partial charge in [0.15, 0.2) is 0 Å². The second-order valence-corrected chi connectivity index (χ2v) is 9.71. The zero-order chi connectivity index (χ0) is 22.4. The number of benzene rings is 1. The van der Waals surface area contributed by atoms with Crippen molar-refractivity contribution in [2.45, 2.75) is 70.8 Å². The first-order valence-electron chi connectivity index (χ1n) is 11.0. The summed E-state index contributed by atoms with van der Waals surface area (Å²) in [6.07, 6.45) is 6.46. The van der Waals surface area contributed by atoms with E-state index in [0.717, 1.165) is 38.6 Å². The molecule has 1 saturated carbocycles. The molecule has 0 aliphatic heterocycles. The van der Waals surface area contributed by atoms with E-state index in [4.69, 9.17) is 0 Å². The van der Waals surface area contributed by atoms with Gasteiger partial charge in [-0.2, -0.15) is 0 Å². The molecule has 0 heterocycles. The summed E-state index contributed by atoms with van der Waals surface area (Å²) in [6, 6.07) is 8.95. The Bertz CT molecular complexity index is 765. The van der Waals surface area contributed by atoms with Gasteiger partial charge in [0.25, 0.3) is 0 Å². The van der Waals surface area contributed by atoms with Crippen LogP contribution in [-0.2, 0) is 20.5 Å². The number of hydrogen-bond acceptors (Lipinski definition) is 3. The number of nitrogens with one attached hydrogen (secondary N) is 2. The van der Waals surface area contributed by atoms with Crippen LogP contribution in [0.3, 0.4) is 0 Å². The third-order valence-corrected chi connectivity index (χ3v) is 5.99. The largest absolute Gasteiger partial charge is 0.356 e. The topological polar surface area (TPSA) is 61.4 Å². The number of hydrogen-bond donors (Lipinski definition) is 2. The van der Waals surface area contributed by atoms with E-state index in [1.165, 1.54) is 16.7 Å². The van der Waals surface area contributed by atoms with Gasteiger partial charge in [-0.15, -0.1) is 0 Å². The van der Waals surface area contributed by atoms with E-state index in [1.807, 2.05) is 6.08 Å². The lowest BCUT2D eigenvalue weighted by Crippen LogP contribution is -2.45. The van der Waals surface area contributed by atoms with Crippen LogP contribution in [-0.4, -0.2) is 43.9 Å². The summed E-state index contributed by atoms with van der Waals surface area (Å²) < 4.78 is 0. The van der Waals surface area contributed by atoms with Gasteiger partial charge in [-0.05, 0) is 55.2 Å². The summed E-state index contributed by atoms with van der Waals surface area (Å²) in [5.74, 6) is 0.0797. The minimum atomic E-state index is -0.101. The first-order valence-corrected chi connectivity index (χ1v) is 11.0. The highest BCUT2D eigenvalue weighted by atomic mass is 16.2. The molecule has 0 saturated heterocycles. The molecule has 30 heavy (non-hydrogen) atoms. The molecule has 1 aromatic rings. The first kappa shape index (κ1) is 24.1. The Morgan fingerprint density at radius 1 is 1.13 bits per heavy atom. The highest BCUT2D eigenvalue weighted by molar-refractivity contribution is 5.87. The van der Waals surface area contributed by atoms with Gasteiger partial charge in [-0.1, -0.05) is 50.6 Å². The molecule has 166 valence electrons. The fourth-order valence-electron chi connectivity index (χ4n) is 3.98. The Morgan fingerprint density at radius 3 is 2.37 bits per heavy atom. The van der Waals surface area contributed by atoms with Crippen molar-refractivity contribution in [2.24, 2.45) is 0 Å². The molecule has 1 aliphatic rings. The third-order valence-electron chi connectivity index (χ3n) is 5.99. The van der Waals surface area contributed by atoms with E-state index in [2.05, 4.69) is 55.7 Å². The molecule has 0 atom stereocenters. The quantitative estimate of drug-likeness (QED) is 0.527. The van der Waals surface area contributed by atoms with Crippen LogP contribution in [0.4, 0.5) is 0 Å². The number of carbonyl (C=O) groups excluding carboxylic acids is 2. The summed E-state index contributed by atoms with van der Waals surface area (Å²) in [4.78, 5) is 24.9. The highest BCUT2D eigenvalue weighted by Crippen LogP contribution is 2.40. The summed E-state index contributed by atoms with van der Waals surface area (Å²) in [5, 5.41) is 6.70.